The zero-order valence-electron chi connectivity index (χ0n) is 10.2. The van der Waals surface area contributed by atoms with Crippen LogP contribution in [0.25, 0.3) is 0 Å². The van der Waals surface area contributed by atoms with E-state index in [0.29, 0.717) is 12.2 Å². The molecule has 0 saturated heterocycles. The summed E-state index contributed by atoms with van der Waals surface area (Å²) in [6.07, 6.45) is 1.97. The molecule has 0 aliphatic carbocycles. The van der Waals surface area contributed by atoms with E-state index in [1.807, 2.05) is 6.92 Å². The fourth-order valence-corrected chi connectivity index (χ4v) is 1.29. The zero-order chi connectivity index (χ0) is 13.5. The lowest BCUT2D eigenvalue weighted by Gasteiger charge is -2.13. The molecule has 1 heterocycles. The molecule has 0 fully saturated rings. The number of nitrogens with zero attached hydrogens (tertiary/aromatic N) is 2. The molecule has 1 aromatic rings. The Hall–Kier alpha value is -2.18. The summed E-state index contributed by atoms with van der Waals surface area (Å²) in [4.78, 5) is 29.4. The molecule has 1 atom stereocenters. The summed E-state index contributed by atoms with van der Waals surface area (Å²) in [6, 6.07) is 1.53. The minimum Gasteiger partial charge on any atom is -0.481 e. The van der Waals surface area contributed by atoms with Crippen LogP contribution in [0.3, 0.4) is 0 Å². The fraction of sp³-hybridized carbons (Fsp3) is 0.455. The highest BCUT2D eigenvalue weighted by Crippen LogP contribution is 2.08. The van der Waals surface area contributed by atoms with Crippen molar-refractivity contribution in [1.29, 1.82) is 0 Å². The number of esters is 1. The number of nitrogens with one attached hydrogen (secondary N) is 1. The van der Waals surface area contributed by atoms with E-state index in [2.05, 4.69) is 20.0 Å². The van der Waals surface area contributed by atoms with Crippen molar-refractivity contribution in [3.63, 3.8) is 0 Å². The lowest BCUT2D eigenvalue weighted by Crippen LogP contribution is -2.18. The van der Waals surface area contributed by atoms with Crippen molar-refractivity contribution in [3.8, 4) is 0 Å². The molecule has 0 saturated carbocycles. The van der Waals surface area contributed by atoms with Crippen LogP contribution in [-0.2, 0) is 9.53 Å². The van der Waals surface area contributed by atoms with Crippen LogP contribution in [0.1, 0.15) is 30.4 Å². The second kappa shape index (κ2) is 6.53. The first-order valence-electron chi connectivity index (χ1n) is 5.42. The van der Waals surface area contributed by atoms with Gasteiger partial charge in [0.2, 0.25) is 5.82 Å². The Morgan fingerprint density at radius 2 is 2.28 bits per heavy atom. The number of ether oxygens (including phenoxy) is 1. The molecule has 0 aromatic carbocycles. The van der Waals surface area contributed by atoms with Crippen LogP contribution >= 0.6 is 0 Å². The van der Waals surface area contributed by atoms with Gasteiger partial charge in [-0.2, -0.15) is 0 Å². The molecule has 0 aliphatic rings. The third kappa shape index (κ3) is 4.36. The monoisotopic (exact) mass is 253 g/mol. The summed E-state index contributed by atoms with van der Waals surface area (Å²) in [5.74, 6) is -1.03. The molecule has 7 heteroatoms. The maximum atomic E-state index is 11.2. The maximum Gasteiger partial charge on any atom is 0.376 e. The topological polar surface area (TPSA) is 101 Å². The van der Waals surface area contributed by atoms with Crippen molar-refractivity contribution in [2.45, 2.75) is 25.8 Å². The average Bonchev–Trinajstić information content (AvgIpc) is 2.35. The van der Waals surface area contributed by atoms with Crippen LogP contribution in [0, 0.1) is 0 Å². The molecule has 1 aromatic heterocycles. The van der Waals surface area contributed by atoms with Crippen molar-refractivity contribution in [2.24, 2.45) is 0 Å². The molecule has 0 radical (unpaired) electrons. The zero-order valence-corrected chi connectivity index (χ0v) is 10.2. The largest absolute Gasteiger partial charge is 0.481 e. The summed E-state index contributed by atoms with van der Waals surface area (Å²) in [6.45, 7) is 1.84. The smallest absolute Gasteiger partial charge is 0.376 e. The lowest BCUT2D eigenvalue weighted by molar-refractivity contribution is -0.137. The maximum absolute atomic E-state index is 11.2. The van der Waals surface area contributed by atoms with Crippen LogP contribution in [0.4, 0.5) is 5.82 Å². The van der Waals surface area contributed by atoms with Gasteiger partial charge in [-0.1, -0.05) is 0 Å². The number of aliphatic carboxylic acids is 1. The minimum absolute atomic E-state index is 0.0343. The van der Waals surface area contributed by atoms with Gasteiger partial charge in [0.15, 0.2) is 0 Å². The van der Waals surface area contributed by atoms with E-state index in [0.717, 1.165) is 0 Å². The number of hydrogen-bond donors (Lipinski definition) is 2. The molecule has 0 spiro atoms. The van der Waals surface area contributed by atoms with Crippen molar-refractivity contribution < 1.29 is 19.4 Å². The summed E-state index contributed by atoms with van der Waals surface area (Å²) >= 11 is 0. The van der Waals surface area contributed by atoms with Crippen LogP contribution in [0.5, 0.6) is 0 Å². The van der Waals surface area contributed by atoms with E-state index in [9.17, 15) is 9.59 Å². The molecule has 0 amide bonds. The van der Waals surface area contributed by atoms with Gasteiger partial charge in [0, 0.05) is 18.7 Å². The van der Waals surface area contributed by atoms with E-state index in [4.69, 9.17) is 5.11 Å². The Bertz CT molecular complexity index is 436. The van der Waals surface area contributed by atoms with Crippen molar-refractivity contribution >= 4 is 17.8 Å². The summed E-state index contributed by atoms with van der Waals surface area (Å²) in [7, 11) is 1.25. The molecule has 1 unspecified atom stereocenters. The first-order chi connectivity index (χ1) is 8.52. The first-order valence-corrected chi connectivity index (χ1v) is 5.42. The number of anilines is 1. The molecule has 7 nitrogen and oxygen atoms in total. The average molecular weight is 253 g/mol. The Balaban J connectivity index is 2.61. The van der Waals surface area contributed by atoms with E-state index < -0.39 is 11.9 Å². The summed E-state index contributed by atoms with van der Waals surface area (Å²) < 4.78 is 4.51. The number of hydrogen-bond acceptors (Lipinski definition) is 6. The number of methoxy groups -OCH3 is 1. The number of rotatable bonds is 6. The Kier molecular flexibility index (Phi) is 5.04. The number of carboxylic acid groups (broad SMARTS) is 1. The van der Waals surface area contributed by atoms with Crippen molar-refractivity contribution in [2.75, 3.05) is 12.4 Å². The fourth-order valence-electron chi connectivity index (χ4n) is 1.29. The van der Waals surface area contributed by atoms with Gasteiger partial charge in [0.25, 0.3) is 0 Å². The third-order valence-electron chi connectivity index (χ3n) is 2.21. The van der Waals surface area contributed by atoms with E-state index in [1.54, 1.807) is 6.07 Å². The minimum atomic E-state index is -0.846. The second-order valence-corrected chi connectivity index (χ2v) is 3.73. The van der Waals surface area contributed by atoms with Crippen molar-refractivity contribution in [3.05, 3.63) is 18.1 Å². The van der Waals surface area contributed by atoms with Crippen molar-refractivity contribution in [1.82, 2.24) is 9.97 Å². The van der Waals surface area contributed by atoms with E-state index in [1.165, 1.54) is 13.3 Å². The molecule has 1 rings (SSSR count). The van der Waals surface area contributed by atoms with Crippen LogP contribution < -0.4 is 5.32 Å². The van der Waals surface area contributed by atoms with Gasteiger partial charge in [0.1, 0.15) is 5.82 Å². The molecule has 98 valence electrons. The van der Waals surface area contributed by atoms with Crippen LogP contribution in [-0.4, -0.2) is 40.2 Å². The number of aromatic nitrogens is 2. The van der Waals surface area contributed by atoms with Crippen LogP contribution in [0.2, 0.25) is 0 Å². The molecular weight excluding hydrogens is 238 g/mol. The van der Waals surface area contributed by atoms with E-state index >= 15 is 0 Å². The number of carbonyl (C=O) groups is 2. The highest BCUT2D eigenvalue weighted by Gasteiger charge is 2.11. The molecule has 0 bridgehead atoms. The normalized spacial score (nSPS) is 11.7. The van der Waals surface area contributed by atoms with Gasteiger partial charge in [-0.15, -0.1) is 0 Å². The van der Waals surface area contributed by atoms with Gasteiger partial charge in [0.05, 0.1) is 7.11 Å². The second-order valence-electron chi connectivity index (χ2n) is 3.73. The van der Waals surface area contributed by atoms with Gasteiger partial charge in [-0.05, 0) is 19.4 Å². The standard InChI is InChI=1S/C11H15N3O4/c1-7(3-4-9(15)16)13-8-5-6-12-10(14-8)11(17)18-2/h5-7H,3-4H2,1-2H3,(H,15,16)(H,12,13,14). The lowest BCUT2D eigenvalue weighted by atomic mass is 10.2. The molecule has 2 N–H and O–H groups in total. The SMILES string of the molecule is COC(=O)c1nccc(NC(C)CCC(=O)O)n1. The highest BCUT2D eigenvalue weighted by molar-refractivity contribution is 5.85. The number of carboxylic acids is 1. The Labute approximate surface area is 104 Å². The number of carbonyl (C=O) groups excluding carboxylic acids is 1. The Morgan fingerprint density at radius 1 is 1.56 bits per heavy atom. The third-order valence-corrected chi connectivity index (χ3v) is 2.21. The molecule has 18 heavy (non-hydrogen) atoms. The summed E-state index contributed by atoms with van der Waals surface area (Å²) in [5, 5.41) is 11.6. The quantitative estimate of drug-likeness (QED) is 0.727. The highest BCUT2D eigenvalue weighted by atomic mass is 16.5. The van der Waals surface area contributed by atoms with Crippen LogP contribution in [0.15, 0.2) is 12.3 Å². The molecule has 0 aliphatic heterocycles. The first kappa shape index (κ1) is 13.9. The van der Waals surface area contributed by atoms with Gasteiger partial charge in [-0.25, -0.2) is 14.8 Å². The predicted molar refractivity (Wildman–Crippen MR) is 63.3 cm³/mol. The van der Waals surface area contributed by atoms with Gasteiger partial charge < -0.3 is 15.2 Å². The predicted octanol–water partition coefficient (Wildman–Crippen LogP) is 0.928. The Morgan fingerprint density at radius 3 is 2.89 bits per heavy atom. The van der Waals surface area contributed by atoms with E-state index in [-0.39, 0.29) is 18.3 Å². The van der Waals surface area contributed by atoms with Gasteiger partial charge in [-0.3, -0.25) is 4.79 Å². The molecular formula is C11H15N3O4. The summed E-state index contributed by atoms with van der Waals surface area (Å²) in [5.41, 5.74) is 0. The van der Waals surface area contributed by atoms with Gasteiger partial charge >= 0.3 is 11.9 Å².